The van der Waals surface area contributed by atoms with Crippen LogP contribution in [0.25, 0.3) is 0 Å². The summed E-state index contributed by atoms with van der Waals surface area (Å²) in [5.74, 6) is 6.00. The molecule has 2 aromatic rings. The number of aryl methyl sites for hydroxylation is 1. The van der Waals surface area contributed by atoms with Crippen LogP contribution in [0, 0.1) is 24.6 Å². The monoisotopic (exact) mass is 300 g/mol. The number of hydrogen-bond donors (Lipinski definition) is 1. The quantitative estimate of drug-likeness (QED) is 0.676. The summed E-state index contributed by atoms with van der Waals surface area (Å²) in [5.41, 5.74) is 2.52. The molecular weight excluding hydrogens is 283 g/mol. The van der Waals surface area contributed by atoms with Crippen molar-refractivity contribution in [2.75, 3.05) is 6.61 Å². The van der Waals surface area contributed by atoms with E-state index in [1.807, 2.05) is 24.3 Å². The third-order valence-electron chi connectivity index (χ3n) is 3.00. The second kappa shape index (κ2) is 7.87. The Labute approximate surface area is 129 Å². The van der Waals surface area contributed by atoms with Crippen LogP contribution in [0.3, 0.4) is 0 Å². The van der Waals surface area contributed by atoms with Gasteiger partial charge in [0.2, 0.25) is 0 Å². The lowest BCUT2D eigenvalue weighted by atomic mass is 10.1. The minimum atomic E-state index is -0.230. The summed E-state index contributed by atoms with van der Waals surface area (Å²) in [5, 5.41) is 8.66. The van der Waals surface area contributed by atoms with Gasteiger partial charge in [-0.05, 0) is 36.2 Å². The zero-order valence-electron chi connectivity index (χ0n) is 11.9. The molecule has 1 nitrogen and oxygen atoms in total. The van der Waals surface area contributed by atoms with Crippen molar-refractivity contribution in [3.8, 4) is 11.8 Å². The fourth-order valence-corrected chi connectivity index (χ4v) is 2.85. The Morgan fingerprint density at radius 3 is 2.71 bits per heavy atom. The molecule has 0 heterocycles. The van der Waals surface area contributed by atoms with E-state index in [0.29, 0.717) is 23.3 Å². The second-order valence-corrected chi connectivity index (χ2v) is 5.65. The van der Waals surface area contributed by atoms with Crippen LogP contribution in [-0.2, 0) is 5.75 Å². The number of benzene rings is 2. The summed E-state index contributed by atoms with van der Waals surface area (Å²) >= 11 is 1.63. The van der Waals surface area contributed by atoms with Gasteiger partial charge in [0.15, 0.2) is 0 Å². The van der Waals surface area contributed by atoms with E-state index < -0.39 is 0 Å². The summed E-state index contributed by atoms with van der Waals surface area (Å²) in [6, 6.07) is 13.2. The van der Waals surface area contributed by atoms with Crippen molar-refractivity contribution in [1.82, 2.24) is 0 Å². The molecule has 0 aliphatic heterocycles. The predicted octanol–water partition coefficient (Wildman–Crippen LogP) is 4.16. The first kappa shape index (κ1) is 15.6. The third-order valence-corrected chi connectivity index (χ3v) is 4.22. The molecule has 0 radical (unpaired) electrons. The largest absolute Gasteiger partial charge is 0.395 e. The van der Waals surface area contributed by atoms with Crippen molar-refractivity contribution >= 4 is 11.8 Å². The van der Waals surface area contributed by atoms with Gasteiger partial charge in [-0.3, -0.25) is 0 Å². The Kier molecular flexibility index (Phi) is 5.86. The highest BCUT2D eigenvalue weighted by Gasteiger charge is 2.05. The third kappa shape index (κ3) is 4.63. The van der Waals surface area contributed by atoms with E-state index in [1.165, 1.54) is 16.5 Å². The van der Waals surface area contributed by atoms with Crippen LogP contribution in [0.4, 0.5) is 4.39 Å². The van der Waals surface area contributed by atoms with Gasteiger partial charge in [-0.25, -0.2) is 4.39 Å². The first-order chi connectivity index (χ1) is 10.2. The van der Waals surface area contributed by atoms with E-state index in [2.05, 4.69) is 24.8 Å². The Hall–Kier alpha value is -1.76. The van der Waals surface area contributed by atoms with Gasteiger partial charge in [0.1, 0.15) is 5.82 Å². The summed E-state index contributed by atoms with van der Waals surface area (Å²) in [6.07, 6.45) is 0.409. The average Bonchev–Trinajstić information content (AvgIpc) is 2.48. The molecule has 0 aliphatic rings. The normalized spacial score (nSPS) is 10.0. The van der Waals surface area contributed by atoms with E-state index in [0.717, 1.165) is 0 Å². The van der Waals surface area contributed by atoms with Gasteiger partial charge in [0.05, 0.1) is 6.61 Å². The minimum Gasteiger partial charge on any atom is -0.395 e. The highest BCUT2D eigenvalue weighted by Crippen LogP contribution is 2.26. The predicted molar refractivity (Wildman–Crippen MR) is 85.7 cm³/mol. The molecular formula is C18H17FOS. The van der Waals surface area contributed by atoms with Crippen LogP contribution in [0.1, 0.15) is 23.1 Å². The maximum Gasteiger partial charge on any atom is 0.128 e. The second-order valence-electron chi connectivity index (χ2n) is 4.64. The molecule has 0 saturated carbocycles. The Morgan fingerprint density at radius 2 is 2.00 bits per heavy atom. The van der Waals surface area contributed by atoms with E-state index in [4.69, 9.17) is 5.11 Å². The molecule has 0 unspecified atom stereocenters. The van der Waals surface area contributed by atoms with E-state index in [9.17, 15) is 4.39 Å². The maximum atomic E-state index is 14.0. The van der Waals surface area contributed by atoms with Crippen molar-refractivity contribution in [3.63, 3.8) is 0 Å². The van der Waals surface area contributed by atoms with Crippen molar-refractivity contribution in [2.24, 2.45) is 0 Å². The van der Waals surface area contributed by atoms with Crippen LogP contribution >= 0.6 is 11.8 Å². The van der Waals surface area contributed by atoms with Gasteiger partial charge in [0, 0.05) is 22.6 Å². The molecule has 3 heteroatoms. The van der Waals surface area contributed by atoms with Gasteiger partial charge in [-0.1, -0.05) is 36.1 Å². The van der Waals surface area contributed by atoms with Gasteiger partial charge in [0.25, 0.3) is 0 Å². The SMILES string of the molecule is Cc1ccccc1SCc1ccc(C#CCCO)cc1F. The molecule has 21 heavy (non-hydrogen) atoms. The van der Waals surface area contributed by atoms with Gasteiger partial charge in [-0.2, -0.15) is 0 Å². The first-order valence-electron chi connectivity index (χ1n) is 6.77. The minimum absolute atomic E-state index is 0.0284. The molecule has 0 spiro atoms. The lowest BCUT2D eigenvalue weighted by molar-refractivity contribution is 0.305. The standard InChI is InChI=1S/C18H17FOS/c1-14-6-2-3-8-18(14)21-13-16-10-9-15(12-17(16)19)7-4-5-11-20/h2-3,6,8-10,12,20H,5,11,13H2,1H3. The lowest BCUT2D eigenvalue weighted by Gasteiger charge is -2.06. The smallest absolute Gasteiger partial charge is 0.128 e. The van der Waals surface area contributed by atoms with E-state index in [-0.39, 0.29) is 12.4 Å². The Morgan fingerprint density at radius 1 is 1.19 bits per heavy atom. The van der Waals surface area contributed by atoms with Crippen LogP contribution in [0.2, 0.25) is 0 Å². The Bertz CT molecular complexity index is 670. The molecule has 1 N–H and O–H groups in total. The van der Waals surface area contributed by atoms with E-state index in [1.54, 1.807) is 17.8 Å². The Balaban J connectivity index is 2.05. The molecule has 0 atom stereocenters. The molecule has 2 aromatic carbocycles. The number of rotatable bonds is 4. The fourth-order valence-electron chi connectivity index (χ4n) is 1.84. The molecule has 0 fully saturated rings. The summed E-state index contributed by atoms with van der Waals surface area (Å²) in [7, 11) is 0. The van der Waals surface area contributed by atoms with Crippen LogP contribution < -0.4 is 0 Å². The van der Waals surface area contributed by atoms with Crippen LogP contribution in [-0.4, -0.2) is 11.7 Å². The topological polar surface area (TPSA) is 20.2 Å². The number of aliphatic hydroxyl groups excluding tert-OH is 1. The molecule has 108 valence electrons. The molecule has 0 aliphatic carbocycles. The average molecular weight is 300 g/mol. The van der Waals surface area contributed by atoms with Crippen molar-refractivity contribution in [2.45, 2.75) is 24.0 Å². The molecule has 0 aromatic heterocycles. The number of halogens is 1. The number of thioether (sulfide) groups is 1. The van der Waals surface area contributed by atoms with Gasteiger partial charge < -0.3 is 5.11 Å². The fraction of sp³-hybridized carbons (Fsp3) is 0.222. The van der Waals surface area contributed by atoms with Crippen molar-refractivity contribution < 1.29 is 9.50 Å². The van der Waals surface area contributed by atoms with Crippen molar-refractivity contribution in [3.05, 3.63) is 65.0 Å². The highest BCUT2D eigenvalue weighted by molar-refractivity contribution is 7.98. The number of aliphatic hydroxyl groups is 1. The van der Waals surface area contributed by atoms with Crippen LogP contribution in [0.15, 0.2) is 47.4 Å². The van der Waals surface area contributed by atoms with E-state index >= 15 is 0 Å². The number of hydrogen-bond acceptors (Lipinski definition) is 2. The zero-order chi connectivity index (χ0) is 15.1. The molecule has 0 saturated heterocycles. The van der Waals surface area contributed by atoms with Gasteiger partial charge in [-0.15, -0.1) is 11.8 Å². The lowest BCUT2D eigenvalue weighted by Crippen LogP contribution is -1.90. The molecule has 0 amide bonds. The van der Waals surface area contributed by atoms with Gasteiger partial charge >= 0.3 is 0 Å². The highest BCUT2D eigenvalue weighted by atomic mass is 32.2. The molecule has 2 rings (SSSR count). The summed E-state index contributed by atoms with van der Waals surface area (Å²) < 4.78 is 14.0. The molecule has 0 bridgehead atoms. The van der Waals surface area contributed by atoms with Crippen molar-refractivity contribution in [1.29, 1.82) is 0 Å². The summed E-state index contributed by atoms with van der Waals surface area (Å²) in [6.45, 7) is 2.08. The van der Waals surface area contributed by atoms with Crippen LogP contribution in [0.5, 0.6) is 0 Å². The summed E-state index contributed by atoms with van der Waals surface area (Å²) in [4.78, 5) is 1.17. The first-order valence-corrected chi connectivity index (χ1v) is 7.76. The maximum absolute atomic E-state index is 14.0. The zero-order valence-corrected chi connectivity index (χ0v) is 12.7.